The van der Waals surface area contributed by atoms with E-state index < -0.39 is 53.0 Å². The summed E-state index contributed by atoms with van der Waals surface area (Å²) in [6, 6.07) is 0. The van der Waals surface area contributed by atoms with E-state index in [1.54, 1.807) is 0 Å². The third kappa shape index (κ3) is 7.04. The zero-order chi connectivity index (χ0) is 19.0. The number of hydrogen-bond donors (Lipinski definition) is 1. The Balaban J connectivity index is 5.91. The molecular weight excluding hydrogens is 396 g/mol. The van der Waals surface area contributed by atoms with Crippen molar-refractivity contribution >= 4 is 44.5 Å². The monoisotopic (exact) mass is 412 g/mol. The number of carbonyl (C=O) groups is 5. The lowest BCUT2D eigenvalue weighted by Crippen LogP contribution is -2.54. The second-order valence-electron chi connectivity index (χ2n) is 4.45. The van der Waals surface area contributed by atoms with Gasteiger partial charge >= 0.3 is 23.9 Å². The van der Waals surface area contributed by atoms with E-state index in [0.717, 1.165) is 27.9 Å². The summed E-state index contributed by atoms with van der Waals surface area (Å²) in [7, 11) is 0.955. The molecule has 0 aliphatic heterocycles. The van der Waals surface area contributed by atoms with Gasteiger partial charge in [0.05, 0.1) is 7.11 Å². The van der Waals surface area contributed by atoms with Crippen molar-refractivity contribution in [2.75, 3.05) is 7.11 Å². The molecule has 0 spiro atoms. The Hall–Kier alpha value is -2.01. The van der Waals surface area contributed by atoms with Crippen LogP contribution in [0.1, 0.15) is 20.8 Å². The van der Waals surface area contributed by atoms with Crippen LogP contribution in [0, 0.1) is 0 Å². The van der Waals surface area contributed by atoms with Crippen LogP contribution in [-0.2, 0) is 42.9 Å². The number of carbonyl (C=O) groups excluding carboxylic acids is 5. The molecule has 0 unspecified atom stereocenters. The zero-order valence-electron chi connectivity index (χ0n) is 13.3. The van der Waals surface area contributed by atoms with Crippen molar-refractivity contribution in [1.82, 2.24) is 0 Å². The van der Waals surface area contributed by atoms with E-state index >= 15 is 0 Å². The molecule has 0 rings (SSSR count). The predicted octanol–water partition coefficient (Wildman–Crippen LogP) is -0.763. The van der Waals surface area contributed by atoms with Crippen LogP contribution in [0.2, 0.25) is 0 Å². The van der Waals surface area contributed by atoms with Crippen molar-refractivity contribution in [3.63, 3.8) is 0 Å². The van der Waals surface area contributed by atoms with Gasteiger partial charge in [-0.1, -0.05) is 0 Å². The first-order valence-corrected chi connectivity index (χ1v) is 7.27. The number of halogens is 1. The van der Waals surface area contributed by atoms with Crippen molar-refractivity contribution < 1.29 is 48.0 Å². The number of aliphatic hydroxyl groups is 1. The number of rotatable bonds is 8. The zero-order valence-corrected chi connectivity index (χ0v) is 14.9. The first kappa shape index (κ1) is 22.0. The Morgan fingerprint density at radius 3 is 1.58 bits per heavy atom. The van der Waals surface area contributed by atoms with Crippen molar-refractivity contribution in [1.29, 1.82) is 0 Å². The van der Waals surface area contributed by atoms with Crippen LogP contribution in [0.25, 0.3) is 0 Å². The molecule has 0 aliphatic rings. The minimum Gasteiger partial charge on any atom is -0.467 e. The molecule has 0 heterocycles. The van der Waals surface area contributed by atoms with Gasteiger partial charge in [-0.15, -0.1) is 0 Å². The topological polar surface area (TPSA) is 143 Å². The standard InChI is InChI=1S/C13H17BrO10/c1-5(15)22-9(8(18)13(20)21-4)10(23-6(2)16)11(12(14)19)24-7(3)17/h8-11,18H,1-4H3/t8-,9+,10-,11+/m0/s1. The Labute approximate surface area is 145 Å². The quantitative estimate of drug-likeness (QED) is 0.306. The molecule has 0 saturated heterocycles. The maximum Gasteiger partial charge on any atom is 0.338 e. The number of methoxy groups -OCH3 is 1. The first-order valence-electron chi connectivity index (χ1n) is 6.48. The summed E-state index contributed by atoms with van der Waals surface area (Å²) in [5, 5.41) is 9.96. The second-order valence-corrected chi connectivity index (χ2v) is 5.23. The van der Waals surface area contributed by atoms with E-state index in [1.807, 2.05) is 0 Å². The Morgan fingerprint density at radius 1 is 0.833 bits per heavy atom. The van der Waals surface area contributed by atoms with Gasteiger partial charge in [0.2, 0.25) is 10.8 Å². The summed E-state index contributed by atoms with van der Waals surface area (Å²) in [6.45, 7) is 2.90. The highest BCUT2D eigenvalue weighted by atomic mass is 79.9. The van der Waals surface area contributed by atoms with Crippen LogP contribution < -0.4 is 0 Å². The molecule has 0 aromatic heterocycles. The number of aliphatic hydroxyl groups excluding tert-OH is 1. The van der Waals surface area contributed by atoms with Gasteiger partial charge in [0.15, 0.2) is 18.3 Å². The lowest BCUT2D eigenvalue weighted by Gasteiger charge is -2.31. The normalized spacial score (nSPS) is 15.2. The Bertz CT molecular complexity index is 517. The first-order chi connectivity index (χ1) is 11.0. The number of hydrogen-bond acceptors (Lipinski definition) is 10. The highest BCUT2D eigenvalue weighted by Gasteiger charge is 2.46. The summed E-state index contributed by atoms with van der Waals surface area (Å²) in [4.78, 5) is 56.9. The van der Waals surface area contributed by atoms with E-state index in [2.05, 4.69) is 20.7 Å². The van der Waals surface area contributed by atoms with E-state index in [-0.39, 0.29) is 0 Å². The van der Waals surface area contributed by atoms with Gasteiger partial charge < -0.3 is 24.1 Å². The molecule has 0 radical (unpaired) electrons. The van der Waals surface area contributed by atoms with Crippen molar-refractivity contribution in [2.45, 2.75) is 45.2 Å². The fraction of sp³-hybridized carbons (Fsp3) is 0.615. The minimum atomic E-state index is -2.10. The number of esters is 4. The molecule has 136 valence electrons. The second kappa shape index (κ2) is 9.98. The van der Waals surface area contributed by atoms with E-state index in [4.69, 9.17) is 14.2 Å². The van der Waals surface area contributed by atoms with Crippen molar-refractivity contribution in [3.05, 3.63) is 0 Å². The molecule has 1 N–H and O–H groups in total. The molecule has 0 fully saturated rings. The molecule has 10 nitrogen and oxygen atoms in total. The molecule has 0 aliphatic carbocycles. The van der Waals surface area contributed by atoms with Gasteiger partial charge in [0, 0.05) is 20.8 Å². The van der Waals surface area contributed by atoms with Crippen LogP contribution in [0.5, 0.6) is 0 Å². The highest BCUT2D eigenvalue weighted by molar-refractivity contribution is 9.18. The van der Waals surface area contributed by atoms with E-state index in [9.17, 15) is 29.1 Å². The summed E-state index contributed by atoms with van der Waals surface area (Å²) in [6.07, 6.45) is -7.54. The third-order valence-electron chi connectivity index (χ3n) is 2.50. The van der Waals surface area contributed by atoms with E-state index in [0.29, 0.717) is 0 Å². The molecule has 0 aromatic carbocycles. The lowest BCUT2D eigenvalue weighted by molar-refractivity contribution is -0.197. The molecule has 0 bridgehead atoms. The minimum absolute atomic E-state index is 0.918. The van der Waals surface area contributed by atoms with Crippen molar-refractivity contribution in [3.8, 4) is 0 Å². The SMILES string of the molecule is COC(=O)[C@@H](O)[C@@H](OC(C)=O)[C@H](OC(C)=O)[C@@H](OC(C)=O)C(=O)Br. The summed E-state index contributed by atoms with van der Waals surface area (Å²) in [5.41, 5.74) is 0. The van der Waals surface area contributed by atoms with Crippen LogP contribution >= 0.6 is 15.9 Å². The fourth-order valence-electron chi connectivity index (χ4n) is 1.67. The molecule has 0 aromatic rings. The number of ether oxygens (including phenoxy) is 4. The summed E-state index contributed by atoms with van der Waals surface area (Å²) in [5.74, 6) is -4.04. The van der Waals surface area contributed by atoms with Gasteiger partial charge in [0.1, 0.15) is 0 Å². The van der Waals surface area contributed by atoms with Gasteiger partial charge in [-0.2, -0.15) is 0 Å². The smallest absolute Gasteiger partial charge is 0.338 e. The lowest BCUT2D eigenvalue weighted by atomic mass is 10.0. The van der Waals surface area contributed by atoms with Crippen LogP contribution in [-0.4, -0.2) is 65.2 Å². The fourth-order valence-corrected chi connectivity index (χ4v) is 2.03. The highest BCUT2D eigenvalue weighted by Crippen LogP contribution is 2.20. The molecule has 11 heteroatoms. The van der Waals surface area contributed by atoms with Crippen LogP contribution in [0.3, 0.4) is 0 Å². The molecule has 0 saturated carbocycles. The molecule has 0 amide bonds. The van der Waals surface area contributed by atoms with Gasteiger partial charge in [-0.25, -0.2) is 4.79 Å². The van der Waals surface area contributed by atoms with Gasteiger partial charge in [0.25, 0.3) is 0 Å². The maximum atomic E-state index is 11.7. The molecule has 4 atom stereocenters. The Kier molecular flexibility index (Phi) is 9.14. The summed E-state index contributed by atoms with van der Waals surface area (Å²) < 4.78 is 17.7. The van der Waals surface area contributed by atoms with Gasteiger partial charge in [-0.05, 0) is 15.9 Å². The average Bonchev–Trinajstić information content (AvgIpc) is 2.45. The third-order valence-corrected chi connectivity index (χ3v) is 2.95. The van der Waals surface area contributed by atoms with Gasteiger partial charge in [-0.3, -0.25) is 19.2 Å². The molecule has 24 heavy (non-hydrogen) atoms. The van der Waals surface area contributed by atoms with Crippen molar-refractivity contribution in [2.24, 2.45) is 0 Å². The van der Waals surface area contributed by atoms with E-state index in [1.165, 1.54) is 0 Å². The average molecular weight is 413 g/mol. The predicted molar refractivity (Wildman–Crippen MR) is 78.6 cm³/mol. The van der Waals surface area contributed by atoms with Crippen LogP contribution in [0.4, 0.5) is 0 Å². The maximum absolute atomic E-state index is 11.7. The molecular formula is C13H17BrO10. The van der Waals surface area contributed by atoms with Crippen LogP contribution in [0.15, 0.2) is 0 Å². The summed E-state index contributed by atoms with van der Waals surface area (Å²) >= 11 is 2.55. The Morgan fingerprint density at radius 2 is 1.25 bits per heavy atom. The largest absolute Gasteiger partial charge is 0.467 e.